The first-order chi connectivity index (χ1) is 17.1. The van der Waals surface area contributed by atoms with Crippen molar-refractivity contribution in [1.82, 2.24) is 14.8 Å². The average Bonchev–Trinajstić information content (AvgIpc) is 3.32. The second kappa shape index (κ2) is 11.3. The Kier molecular flexibility index (Phi) is 7.79. The van der Waals surface area contributed by atoms with Crippen LogP contribution in [0.3, 0.4) is 0 Å². The van der Waals surface area contributed by atoms with E-state index in [1.165, 1.54) is 11.8 Å². The van der Waals surface area contributed by atoms with Gasteiger partial charge in [0, 0.05) is 5.69 Å². The van der Waals surface area contributed by atoms with Gasteiger partial charge in [-0.25, -0.2) is 4.79 Å². The van der Waals surface area contributed by atoms with E-state index < -0.39 is 5.97 Å². The summed E-state index contributed by atoms with van der Waals surface area (Å²) in [5, 5.41) is 12.1. The summed E-state index contributed by atoms with van der Waals surface area (Å²) in [6.45, 7) is 1.98. The quantitative estimate of drug-likeness (QED) is 0.266. The molecule has 3 aromatic carbocycles. The van der Waals surface area contributed by atoms with Gasteiger partial charge in [0.05, 0.1) is 36.3 Å². The van der Waals surface area contributed by atoms with Gasteiger partial charge in [-0.3, -0.25) is 9.36 Å². The van der Waals surface area contributed by atoms with Gasteiger partial charge in [0.25, 0.3) is 0 Å². The monoisotopic (exact) mass is 488 g/mol. The van der Waals surface area contributed by atoms with E-state index in [9.17, 15) is 9.59 Å². The van der Waals surface area contributed by atoms with Crippen LogP contribution < -0.4 is 10.1 Å². The van der Waals surface area contributed by atoms with Gasteiger partial charge in [0.1, 0.15) is 5.75 Å². The summed E-state index contributed by atoms with van der Waals surface area (Å²) in [4.78, 5) is 25.0. The number of methoxy groups -OCH3 is 1. The Morgan fingerprint density at radius 1 is 0.943 bits per heavy atom. The van der Waals surface area contributed by atoms with Crippen molar-refractivity contribution in [2.45, 2.75) is 12.1 Å². The zero-order chi connectivity index (χ0) is 24.6. The minimum absolute atomic E-state index is 0.0635. The van der Waals surface area contributed by atoms with Crippen molar-refractivity contribution in [3.05, 3.63) is 84.4 Å². The van der Waals surface area contributed by atoms with Gasteiger partial charge in [0.2, 0.25) is 5.91 Å². The third-order valence-electron chi connectivity index (χ3n) is 5.02. The number of nitrogens with one attached hydrogen (secondary N) is 1. The Balaban J connectivity index is 1.59. The largest absolute Gasteiger partial charge is 0.496 e. The fraction of sp³-hybridized carbons (Fsp3) is 0.154. The van der Waals surface area contributed by atoms with Crippen LogP contribution in [-0.4, -0.2) is 46.1 Å². The van der Waals surface area contributed by atoms with E-state index in [2.05, 4.69) is 15.5 Å². The van der Waals surface area contributed by atoms with E-state index in [4.69, 9.17) is 9.47 Å². The van der Waals surface area contributed by atoms with Gasteiger partial charge < -0.3 is 14.8 Å². The number of rotatable bonds is 9. The van der Waals surface area contributed by atoms with E-state index >= 15 is 0 Å². The molecule has 8 nitrogen and oxygen atoms in total. The molecule has 0 radical (unpaired) electrons. The maximum absolute atomic E-state index is 12.8. The molecule has 0 unspecified atom stereocenters. The molecule has 0 aliphatic rings. The molecule has 0 atom stereocenters. The zero-order valence-corrected chi connectivity index (χ0v) is 20.1. The number of esters is 1. The molecule has 0 aliphatic heterocycles. The lowest BCUT2D eigenvalue weighted by Gasteiger charge is -2.13. The van der Waals surface area contributed by atoms with Crippen molar-refractivity contribution in [3.8, 4) is 22.8 Å². The van der Waals surface area contributed by atoms with Crippen molar-refractivity contribution in [2.75, 3.05) is 24.8 Å². The first-order valence-electron chi connectivity index (χ1n) is 11.0. The molecule has 1 aromatic heterocycles. The normalized spacial score (nSPS) is 10.6. The number of hydrogen-bond acceptors (Lipinski definition) is 7. The maximum atomic E-state index is 12.8. The third-order valence-corrected chi connectivity index (χ3v) is 5.95. The Hall–Kier alpha value is -4.11. The van der Waals surface area contributed by atoms with Crippen LogP contribution in [0, 0.1) is 0 Å². The Labute approximate surface area is 207 Å². The molecule has 4 rings (SSSR count). The summed E-state index contributed by atoms with van der Waals surface area (Å²) in [5.41, 5.74) is 2.34. The van der Waals surface area contributed by atoms with E-state index in [0.717, 1.165) is 11.3 Å². The van der Waals surface area contributed by atoms with Crippen LogP contribution in [0.5, 0.6) is 5.75 Å². The Morgan fingerprint density at radius 3 is 2.43 bits per heavy atom. The molecule has 4 aromatic rings. The predicted molar refractivity (Wildman–Crippen MR) is 135 cm³/mol. The minimum atomic E-state index is -0.485. The molecule has 0 aliphatic carbocycles. The molecule has 178 valence electrons. The first kappa shape index (κ1) is 24.0. The van der Waals surface area contributed by atoms with Crippen LogP contribution in [-0.2, 0) is 9.53 Å². The maximum Gasteiger partial charge on any atom is 0.340 e. The summed E-state index contributed by atoms with van der Waals surface area (Å²) in [6, 6.07) is 24.0. The number of anilines is 1. The highest BCUT2D eigenvalue weighted by Crippen LogP contribution is 2.33. The Bertz CT molecular complexity index is 1320. The lowest BCUT2D eigenvalue weighted by Crippen LogP contribution is -2.17. The number of thioether (sulfide) groups is 1. The highest BCUT2D eigenvalue weighted by atomic mass is 32.2. The number of hydrogen-bond donors (Lipinski definition) is 1. The van der Waals surface area contributed by atoms with Gasteiger partial charge in [-0.05, 0) is 43.3 Å². The predicted octanol–water partition coefficient (Wildman–Crippen LogP) is 4.85. The molecular weight excluding hydrogens is 464 g/mol. The van der Waals surface area contributed by atoms with Crippen LogP contribution in [0.1, 0.15) is 17.3 Å². The molecule has 9 heteroatoms. The number of aromatic nitrogens is 3. The van der Waals surface area contributed by atoms with E-state index in [1.54, 1.807) is 38.3 Å². The summed E-state index contributed by atoms with van der Waals surface area (Å²) in [5.74, 6) is 0.564. The zero-order valence-electron chi connectivity index (χ0n) is 19.3. The lowest BCUT2D eigenvalue weighted by molar-refractivity contribution is -0.113. The second-order valence-corrected chi connectivity index (χ2v) is 8.22. The molecule has 1 N–H and O–H groups in total. The first-order valence-corrected chi connectivity index (χ1v) is 11.9. The number of benzene rings is 3. The van der Waals surface area contributed by atoms with Gasteiger partial charge in [0.15, 0.2) is 11.0 Å². The number of carbonyl (C=O) groups excluding carboxylic acids is 2. The fourth-order valence-corrected chi connectivity index (χ4v) is 4.22. The molecule has 0 saturated heterocycles. The molecule has 0 fully saturated rings. The highest BCUT2D eigenvalue weighted by Gasteiger charge is 2.20. The van der Waals surface area contributed by atoms with Gasteiger partial charge in [-0.2, -0.15) is 0 Å². The van der Waals surface area contributed by atoms with Crippen molar-refractivity contribution >= 4 is 29.3 Å². The smallest absolute Gasteiger partial charge is 0.340 e. The van der Waals surface area contributed by atoms with E-state index in [1.807, 2.05) is 59.2 Å². The number of carbonyl (C=O) groups is 2. The highest BCUT2D eigenvalue weighted by molar-refractivity contribution is 7.99. The van der Waals surface area contributed by atoms with Crippen molar-refractivity contribution < 1.29 is 19.1 Å². The molecule has 0 saturated carbocycles. The van der Waals surface area contributed by atoms with E-state index in [0.29, 0.717) is 28.0 Å². The number of para-hydroxylation sites is 3. The summed E-state index contributed by atoms with van der Waals surface area (Å²) < 4.78 is 12.5. The van der Waals surface area contributed by atoms with E-state index in [-0.39, 0.29) is 18.3 Å². The van der Waals surface area contributed by atoms with Crippen LogP contribution in [0.4, 0.5) is 5.69 Å². The molecule has 0 spiro atoms. The number of ether oxygens (including phenoxy) is 2. The third kappa shape index (κ3) is 5.52. The van der Waals surface area contributed by atoms with Gasteiger partial charge in [-0.15, -0.1) is 10.2 Å². The molecule has 1 amide bonds. The summed E-state index contributed by atoms with van der Waals surface area (Å²) in [6.07, 6.45) is 0. The minimum Gasteiger partial charge on any atom is -0.496 e. The topological polar surface area (TPSA) is 95.3 Å². The standard InChI is InChI=1S/C26H24N4O4S/c1-3-34-25(32)19-13-7-9-15-21(19)27-23(31)17-35-26-29-28-24(20-14-8-10-16-22(20)33-2)30(26)18-11-5-4-6-12-18/h4-16H,3,17H2,1-2H3,(H,27,31). The molecule has 0 bridgehead atoms. The van der Waals surface area contributed by atoms with Crippen molar-refractivity contribution in [1.29, 1.82) is 0 Å². The lowest BCUT2D eigenvalue weighted by atomic mass is 10.2. The van der Waals surface area contributed by atoms with Crippen LogP contribution >= 0.6 is 11.8 Å². The fourth-order valence-electron chi connectivity index (χ4n) is 3.47. The second-order valence-electron chi connectivity index (χ2n) is 7.28. The van der Waals surface area contributed by atoms with Crippen LogP contribution in [0.25, 0.3) is 17.1 Å². The number of nitrogens with zero attached hydrogens (tertiary/aromatic N) is 3. The van der Waals surface area contributed by atoms with Gasteiger partial charge in [-0.1, -0.05) is 54.2 Å². The van der Waals surface area contributed by atoms with Crippen LogP contribution in [0.15, 0.2) is 84.0 Å². The molecular formula is C26H24N4O4S. The molecule has 35 heavy (non-hydrogen) atoms. The Morgan fingerprint density at radius 2 is 1.66 bits per heavy atom. The van der Waals surface area contributed by atoms with Crippen molar-refractivity contribution in [3.63, 3.8) is 0 Å². The summed E-state index contributed by atoms with van der Waals surface area (Å²) in [7, 11) is 1.61. The average molecular weight is 489 g/mol. The number of amides is 1. The SMILES string of the molecule is CCOC(=O)c1ccccc1NC(=O)CSc1nnc(-c2ccccc2OC)n1-c1ccccc1. The molecule has 1 heterocycles. The van der Waals surface area contributed by atoms with Crippen molar-refractivity contribution in [2.24, 2.45) is 0 Å². The van der Waals surface area contributed by atoms with Gasteiger partial charge >= 0.3 is 5.97 Å². The summed E-state index contributed by atoms with van der Waals surface area (Å²) >= 11 is 1.24. The van der Waals surface area contributed by atoms with Crippen LogP contribution in [0.2, 0.25) is 0 Å².